The van der Waals surface area contributed by atoms with Crippen LogP contribution in [0, 0.1) is 0 Å². The van der Waals surface area contributed by atoms with Gasteiger partial charge in [0.2, 0.25) is 5.91 Å². The molecule has 0 spiro atoms. The Morgan fingerprint density at radius 3 is 2.26 bits per heavy atom. The predicted molar refractivity (Wildman–Crippen MR) is 123 cm³/mol. The van der Waals surface area contributed by atoms with Crippen molar-refractivity contribution in [2.75, 3.05) is 24.4 Å². The number of rotatable bonds is 8. The number of methoxy groups -OCH3 is 1. The zero-order valence-corrected chi connectivity index (χ0v) is 17.4. The molecule has 0 aliphatic rings. The topological polar surface area (TPSA) is 76.7 Å². The van der Waals surface area contributed by atoms with Gasteiger partial charge in [0.15, 0.2) is 0 Å². The van der Waals surface area contributed by atoms with Gasteiger partial charge < -0.3 is 20.1 Å². The van der Waals surface area contributed by atoms with Gasteiger partial charge in [-0.2, -0.15) is 0 Å². The number of benzene rings is 3. The lowest BCUT2D eigenvalue weighted by Crippen LogP contribution is -2.17. The predicted octanol–water partition coefficient (Wildman–Crippen LogP) is 5.00. The highest BCUT2D eigenvalue weighted by molar-refractivity contribution is 6.12. The summed E-state index contributed by atoms with van der Waals surface area (Å²) < 4.78 is 10.7. The molecule has 0 heterocycles. The van der Waals surface area contributed by atoms with Gasteiger partial charge in [0.25, 0.3) is 5.91 Å². The van der Waals surface area contributed by atoms with Gasteiger partial charge in [0.1, 0.15) is 11.5 Å². The maximum absolute atomic E-state index is 12.9. The highest BCUT2D eigenvalue weighted by Crippen LogP contribution is 2.25. The molecule has 0 unspecified atom stereocenters. The van der Waals surface area contributed by atoms with Crippen molar-refractivity contribution in [3.63, 3.8) is 0 Å². The molecule has 0 saturated heterocycles. The molecule has 2 N–H and O–H groups in total. The summed E-state index contributed by atoms with van der Waals surface area (Å²) in [5.74, 6) is 0.641. The van der Waals surface area contributed by atoms with Crippen LogP contribution in [0.4, 0.5) is 11.4 Å². The molecule has 0 aliphatic carbocycles. The number of para-hydroxylation sites is 3. The van der Waals surface area contributed by atoms with Crippen LogP contribution >= 0.6 is 0 Å². The van der Waals surface area contributed by atoms with Crippen molar-refractivity contribution in [3.05, 3.63) is 90.0 Å². The smallest absolute Gasteiger partial charge is 0.257 e. The van der Waals surface area contributed by atoms with E-state index in [4.69, 9.17) is 9.47 Å². The minimum Gasteiger partial charge on any atom is -0.497 e. The summed E-state index contributed by atoms with van der Waals surface area (Å²) in [6.07, 6.45) is 3.11. The third kappa shape index (κ3) is 5.96. The molecule has 0 bridgehead atoms. The van der Waals surface area contributed by atoms with Gasteiger partial charge in [-0.25, -0.2) is 0 Å². The summed E-state index contributed by atoms with van der Waals surface area (Å²) in [6, 6.07) is 21.4. The Kier molecular flexibility index (Phi) is 7.43. The molecule has 31 heavy (non-hydrogen) atoms. The molecular weight excluding hydrogens is 392 g/mol. The van der Waals surface area contributed by atoms with Gasteiger partial charge in [-0.3, -0.25) is 9.59 Å². The van der Waals surface area contributed by atoms with Crippen molar-refractivity contribution >= 4 is 29.3 Å². The van der Waals surface area contributed by atoms with E-state index in [1.807, 2.05) is 43.3 Å². The molecule has 158 valence electrons. The van der Waals surface area contributed by atoms with Gasteiger partial charge >= 0.3 is 0 Å². The molecule has 0 atom stereocenters. The Labute approximate surface area is 181 Å². The second kappa shape index (κ2) is 10.6. The first kappa shape index (κ1) is 21.6. The molecule has 3 aromatic carbocycles. The monoisotopic (exact) mass is 416 g/mol. The SMILES string of the molecule is CCOc1ccccc1NC(=O)c1ccccc1NC(=O)/C=C/c1ccc(OC)cc1. The van der Waals surface area contributed by atoms with E-state index in [1.54, 1.807) is 49.6 Å². The summed E-state index contributed by atoms with van der Waals surface area (Å²) in [7, 11) is 1.60. The second-order valence-corrected chi connectivity index (χ2v) is 6.52. The van der Waals surface area contributed by atoms with Crippen molar-refractivity contribution in [2.45, 2.75) is 6.92 Å². The average molecular weight is 416 g/mol. The van der Waals surface area contributed by atoms with Gasteiger partial charge in [-0.1, -0.05) is 36.4 Å². The van der Waals surface area contributed by atoms with Gasteiger partial charge in [-0.05, 0) is 55.0 Å². The number of hydrogen-bond acceptors (Lipinski definition) is 4. The molecule has 6 nitrogen and oxygen atoms in total. The molecule has 0 fully saturated rings. The van der Waals surface area contributed by atoms with Crippen LogP contribution in [-0.2, 0) is 4.79 Å². The van der Waals surface area contributed by atoms with Crippen LogP contribution in [0.25, 0.3) is 6.08 Å². The van der Waals surface area contributed by atoms with Crippen LogP contribution in [0.15, 0.2) is 78.9 Å². The summed E-state index contributed by atoms with van der Waals surface area (Å²) in [5.41, 5.74) is 2.18. The Balaban J connectivity index is 1.71. The zero-order valence-electron chi connectivity index (χ0n) is 17.4. The Hall–Kier alpha value is -4.06. The van der Waals surface area contributed by atoms with Crippen molar-refractivity contribution in [1.82, 2.24) is 0 Å². The van der Waals surface area contributed by atoms with Crippen molar-refractivity contribution < 1.29 is 19.1 Å². The van der Waals surface area contributed by atoms with Gasteiger partial charge in [0.05, 0.1) is 30.7 Å². The standard InChI is InChI=1S/C25H24N2O4/c1-3-31-23-11-7-6-10-22(23)27-25(29)20-8-4-5-9-21(20)26-24(28)17-14-18-12-15-19(30-2)16-13-18/h4-17H,3H2,1-2H3,(H,26,28)(H,27,29)/b17-14+. The number of nitrogens with one attached hydrogen (secondary N) is 2. The number of carbonyl (C=O) groups excluding carboxylic acids is 2. The van der Waals surface area contributed by atoms with Crippen LogP contribution < -0.4 is 20.1 Å². The highest BCUT2D eigenvalue weighted by atomic mass is 16.5. The lowest BCUT2D eigenvalue weighted by molar-refractivity contribution is -0.111. The molecule has 3 aromatic rings. The minimum atomic E-state index is -0.345. The maximum atomic E-state index is 12.9. The van der Waals surface area contributed by atoms with Crippen LogP contribution in [0.5, 0.6) is 11.5 Å². The molecule has 0 aromatic heterocycles. The summed E-state index contributed by atoms with van der Waals surface area (Å²) >= 11 is 0. The van der Waals surface area contributed by atoms with E-state index in [1.165, 1.54) is 6.08 Å². The fourth-order valence-corrected chi connectivity index (χ4v) is 2.89. The maximum Gasteiger partial charge on any atom is 0.257 e. The van der Waals surface area contributed by atoms with E-state index >= 15 is 0 Å². The second-order valence-electron chi connectivity index (χ2n) is 6.52. The minimum absolute atomic E-state index is 0.342. The lowest BCUT2D eigenvalue weighted by atomic mass is 10.1. The first-order chi connectivity index (χ1) is 15.1. The number of carbonyl (C=O) groups is 2. The van der Waals surface area contributed by atoms with Gasteiger partial charge in [-0.15, -0.1) is 0 Å². The van der Waals surface area contributed by atoms with E-state index in [2.05, 4.69) is 10.6 Å². The van der Waals surface area contributed by atoms with E-state index in [9.17, 15) is 9.59 Å². The van der Waals surface area contributed by atoms with Crippen LogP contribution in [0.1, 0.15) is 22.8 Å². The van der Waals surface area contributed by atoms with Crippen LogP contribution in [0.2, 0.25) is 0 Å². The molecule has 6 heteroatoms. The van der Waals surface area contributed by atoms with Crippen molar-refractivity contribution in [3.8, 4) is 11.5 Å². The fraction of sp³-hybridized carbons (Fsp3) is 0.120. The van der Waals surface area contributed by atoms with E-state index < -0.39 is 0 Å². The first-order valence-corrected chi connectivity index (χ1v) is 9.86. The van der Waals surface area contributed by atoms with Gasteiger partial charge in [0, 0.05) is 6.08 Å². The zero-order chi connectivity index (χ0) is 22.1. The Morgan fingerprint density at radius 1 is 0.871 bits per heavy atom. The average Bonchev–Trinajstić information content (AvgIpc) is 2.80. The van der Waals surface area contributed by atoms with Crippen molar-refractivity contribution in [1.29, 1.82) is 0 Å². The number of amides is 2. The largest absolute Gasteiger partial charge is 0.497 e. The third-order valence-electron chi connectivity index (χ3n) is 4.41. The number of anilines is 2. The lowest BCUT2D eigenvalue weighted by Gasteiger charge is -2.13. The van der Waals surface area contributed by atoms with Crippen molar-refractivity contribution in [2.24, 2.45) is 0 Å². The Morgan fingerprint density at radius 2 is 1.55 bits per heavy atom. The third-order valence-corrected chi connectivity index (χ3v) is 4.41. The molecule has 0 saturated carbocycles. The molecule has 0 radical (unpaired) electrons. The van der Waals surface area contributed by atoms with Crippen LogP contribution in [-0.4, -0.2) is 25.5 Å². The summed E-state index contributed by atoms with van der Waals surface area (Å²) in [6.45, 7) is 2.36. The highest BCUT2D eigenvalue weighted by Gasteiger charge is 2.14. The molecule has 3 rings (SSSR count). The molecule has 0 aliphatic heterocycles. The first-order valence-electron chi connectivity index (χ1n) is 9.86. The molecular formula is C25H24N2O4. The van der Waals surface area contributed by atoms with E-state index in [-0.39, 0.29) is 11.8 Å². The summed E-state index contributed by atoms with van der Waals surface area (Å²) in [5, 5.41) is 5.62. The fourth-order valence-electron chi connectivity index (χ4n) is 2.89. The quantitative estimate of drug-likeness (QED) is 0.507. The normalized spacial score (nSPS) is 10.5. The van der Waals surface area contributed by atoms with E-state index in [0.717, 1.165) is 11.3 Å². The Bertz CT molecular complexity index is 1070. The molecule has 2 amide bonds. The van der Waals surface area contributed by atoms with Crippen LogP contribution in [0.3, 0.4) is 0 Å². The number of ether oxygens (including phenoxy) is 2. The number of hydrogen-bond donors (Lipinski definition) is 2. The van der Waals surface area contributed by atoms with E-state index in [0.29, 0.717) is 29.3 Å². The summed E-state index contributed by atoms with van der Waals surface area (Å²) in [4.78, 5) is 25.3.